The van der Waals surface area contributed by atoms with E-state index in [1.807, 2.05) is 24.3 Å². The second-order valence-electron chi connectivity index (χ2n) is 5.33. The number of ether oxygens (including phenoxy) is 1. The number of carbonyl (C=O) groups is 1. The lowest BCUT2D eigenvalue weighted by atomic mass is 9.92. The molecule has 0 aromatic heterocycles. The van der Waals surface area contributed by atoms with Crippen molar-refractivity contribution in [2.75, 3.05) is 7.11 Å². The smallest absolute Gasteiger partial charge is 0.220 e. The Morgan fingerprint density at radius 3 is 2.53 bits per heavy atom. The Morgan fingerprint density at radius 2 is 1.94 bits per heavy atom. The van der Waals surface area contributed by atoms with Gasteiger partial charge in [-0.2, -0.15) is 0 Å². The third kappa shape index (κ3) is 4.89. The zero-order chi connectivity index (χ0) is 12.9. The van der Waals surface area contributed by atoms with Crippen LogP contribution in [0, 0.1) is 5.41 Å². The van der Waals surface area contributed by atoms with Crippen LogP contribution >= 0.6 is 0 Å². The highest BCUT2D eigenvalue weighted by Gasteiger charge is 2.15. The van der Waals surface area contributed by atoms with E-state index in [1.54, 1.807) is 7.11 Å². The van der Waals surface area contributed by atoms with Crippen molar-refractivity contribution in [1.29, 1.82) is 0 Å². The predicted octanol–water partition coefficient (Wildman–Crippen LogP) is 2.75. The molecule has 0 atom stereocenters. The summed E-state index contributed by atoms with van der Waals surface area (Å²) in [5.74, 6) is 0.881. The molecule has 0 aliphatic rings. The van der Waals surface area contributed by atoms with Crippen LogP contribution in [0.2, 0.25) is 0 Å². The highest BCUT2D eigenvalue weighted by molar-refractivity contribution is 5.76. The van der Waals surface area contributed by atoms with Crippen molar-refractivity contribution < 1.29 is 9.53 Å². The lowest BCUT2D eigenvalue weighted by Crippen LogP contribution is -2.27. The Bertz CT molecular complexity index is 380. The third-order valence-electron chi connectivity index (χ3n) is 2.36. The average molecular weight is 235 g/mol. The molecule has 1 aromatic rings. The normalized spacial score (nSPS) is 11.1. The third-order valence-corrected chi connectivity index (χ3v) is 2.36. The van der Waals surface area contributed by atoms with E-state index in [0.717, 1.165) is 11.3 Å². The van der Waals surface area contributed by atoms with Gasteiger partial charge in [0.2, 0.25) is 5.91 Å². The Kier molecular flexibility index (Phi) is 4.55. The van der Waals surface area contributed by atoms with Crippen LogP contribution in [0.4, 0.5) is 0 Å². The first-order valence-electron chi connectivity index (χ1n) is 5.81. The van der Waals surface area contributed by atoms with Gasteiger partial charge in [0.15, 0.2) is 0 Å². The molecule has 1 amide bonds. The van der Waals surface area contributed by atoms with E-state index in [-0.39, 0.29) is 11.3 Å². The number of methoxy groups -OCH3 is 1. The van der Waals surface area contributed by atoms with Gasteiger partial charge in [0.1, 0.15) is 5.75 Å². The molecule has 0 saturated carbocycles. The van der Waals surface area contributed by atoms with E-state index in [0.29, 0.717) is 13.0 Å². The quantitative estimate of drug-likeness (QED) is 0.871. The molecule has 0 fully saturated rings. The van der Waals surface area contributed by atoms with Gasteiger partial charge in [0.25, 0.3) is 0 Å². The summed E-state index contributed by atoms with van der Waals surface area (Å²) in [7, 11) is 1.63. The number of carbonyl (C=O) groups excluding carboxylic acids is 1. The molecule has 0 heterocycles. The fourth-order valence-electron chi connectivity index (χ4n) is 1.59. The van der Waals surface area contributed by atoms with E-state index < -0.39 is 0 Å². The summed E-state index contributed by atoms with van der Waals surface area (Å²) >= 11 is 0. The highest BCUT2D eigenvalue weighted by Crippen LogP contribution is 2.19. The van der Waals surface area contributed by atoms with Crippen molar-refractivity contribution in [1.82, 2.24) is 5.32 Å². The largest absolute Gasteiger partial charge is 0.496 e. The van der Waals surface area contributed by atoms with Crippen molar-refractivity contribution >= 4 is 5.91 Å². The number of benzene rings is 1. The van der Waals surface area contributed by atoms with Crippen molar-refractivity contribution in [2.45, 2.75) is 33.7 Å². The van der Waals surface area contributed by atoms with Gasteiger partial charge in [-0.1, -0.05) is 39.0 Å². The number of rotatable bonds is 4. The Labute approximate surface area is 103 Å². The zero-order valence-corrected chi connectivity index (χ0v) is 11.0. The maximum atomic E-state index is 11.7. The summed E-state index contributed by atoms with van der Waals surface area (Å²) in [5, 5.41) is 2.91. The molecule has 0 radical (unpaired) electrons. The summed E-state index contributed by atoms with van der Waals surface area (Å²) in [5.41, 5.74) is 1.02. The first-order valence-corrected chi connectivity index (χ1v) is 5.81. The van der Waals surface area contributed by atoms with Crippen LogP contribution in [0.15, 0.2) is 24.3 Å². The van der Waals surface area contributed by atoms with Crippen LogP contribution in [-0.2, 0) is 11.3 Å². The first kappa shape index (κ1) is 13.6. The molecule has 94 valence electrons. The minimum absolute atomic E-state index is 0.0187. The topological polar surface area (TPSA) is 38.3 Å². The molecule has 1 N–H and O–H groups in total. The number of nitrogens with one attached hydrogen (secondary N) is 1. The highest BCUT2D eigenvalue weighted by atomic mass is 16.5. The van der Waals surface area contributed by atoms with E-state index in [9.17, 15) is 4.79 Å². The van der Waals surface area contributed by atoms with E-state index in [4.69, 9.17) is 4.74 Å². The molecule has 1 aromatic carbocycles. The molecule has 0 aliphatic heterocycles. The van der Waals surface area contributed by atoms with E-state index in [2.05, 4.69) is 26.1 Å². The fraction of sp³-hybridized carbons (Fsp3) is 0.500. The van der Waals surface area contributed by atoms with E-state index in [1.165, 1.54) is 0 Å². The molecule has 0 spiro atoms. The van der Waals surface area contributed by atoms with Crippen LogP contribution in [0.25, 0.3) is 0 Å². The Morgan fingerprint density at radius 1 is 1.29 bits per heavy atom. The van der Waals surface area contributed by atoms with E-state index >= 15 is 0 Å². The number of hydrogen-bond donors (Lipinski definition) is 1. The minimum Gasteiger partial charge on any atom is -0.496 e. The van der Waals surface area contributed by atoms with Gasteiger partial charge in [-0.25, -0.2) is 0 Å². The molecule has 0 bridgehead atoms. The van der Waals surface area contributed by atoms with Crippen LogP contribution in [0.5, 0.6) is 5.75 Å². The van der Waals surface area contributed by atoms with Crippen molar-refractivity contribution in [3.05, 3.63) is 29.8 Å². The monoisotopic (exact) mass is 235 g/mol. The molecule has 3 heteroatoms. The second-order valence-corrected chi connectivity index (χ2v) is 5.33. The van der Waals surface area contributed by atoms with Crippen LogP contribution in [0.3, 0.4) is 0 Å². The van der Waals surface area contributed by atoms with Gasteiger partial charge in [-0.05, 0) is 11.5 Å². The minimum atomic E-state index is 0.0187. The number of para-hydroxylation sites is 1. The molecule has 0 unspecified atom stereocenters. The molecule has 0 saturated heterocycles. The van der Waals surface area contributed by atoms with Gasteiger partial charge >= 0.3 is 0 Å². The fourth-order valence-corrected chi connectivity index (χ4v) is 1.59. The summed E-state index contributed by atoms with van der Waals surface area (Å²) in [6.07, 6.45) is 0.530. The maximum absolute atomic E-state index is 11.7. The van der Waals surface area contributed by atoms with Crippen molar-refractivity contribution in [3.63, 3.8) is 0 Å². The second kappa shape index (κ2) is 5.71. The number of hydrogen-bond acceptors (Lipinski definition) is 2. The van der Waals surface area contributed by atoms with Gasteiger partial charge in [-0.3, -0.25) is 4.79 Å². The van der Waals surface area contributed by atoms with Gasteiger partial charge in [-0.15, -0.1) is 0 Å². The maximum Gasteiger partial charge on any atom is 0.220 e. The van der Waals surface area contributed by atoms with Crippen LogP contribution in [0.1, 0.15) is 32.8 Å². The molecule has 0 aliphatic carbocycles. The molecule has 1 rings (SSSR count). The SMILES string of the molecule is COc1ccccc1CNC(=O)CC(C)(C)C. The predicted molar refractivity (Wildman–Crippen MR) is 68.9 cm³/mol. The molecule has 3 nitrogen and oxygen atoms in total. The summed E-state index contributed by atoms with van der Waals surface area (Å²) in [6, 6.07) is 7.70. The number of amides is 1. The summed E-state index contributed by atoms with van der Waals surface area (Å²) in [6.45, 7) is 6.67. The lowest BCUT2D eigenvalue weighted by Gasteiger charge is -2.17. The zero-order valence-electron chi connectivity index (χ0n) is 11.0. The average Bonchev–Trinajstić information content (AvgIpc) is 2.24. The van der Waals surface area contributed by atoms with Gasteiger partial charge < -0.3 is 10.1 Å². The van der Waals surface area contributed by atoms with Crippen molar-refractivity contribution in [3.8, 4) is 5.75 Å². The van der Waals surface area contributed by atoms with Gasteiger partial charge in [0, 0.05) is 18.5 Å². The molecular weight excluding hydrogens is 214 g/mol. The van der Waals surface area contributed by atoms with Gasteiger partial charge in [0.05, 0.1) is 7.11 Å². The summed E-state index contributed by atoms with van der Waals surface area (Å²) < 4.78 is 5.23. The Balaban J connectivity index is 2.53. The lowest BCUT2D eigenvalue weighted by molar-refractivity contribution is -0.122. The van der Waals surface area contributed by atoms with Crippen LogP contribution in [-0.4, -0.2) is 13.0 Å². The summed E-state index contributed by atoms with van der Waals surface area (Å²) in [4.78, 5) is 11.7. The van der Waals surface area contributed by atoms with Crippen molar-refractivity contribution in [2.24, 2.45) is 5.41 Å². The Hall–Kier alpha value is -1.51. The first-order chi connectivity index (χ1) is 7.92. The van der Waals surface area contributed by atoms with Crippen LogP contribution < -0.4 is 10.1 Å². The molecule has 17 heavy (non-hydrogen) atoms. The molecular formula is C14H21NO2. The standard InChI is InChI=1S/C14H21NO2/c1-14(2,3)9-13(16)15-10-11-7-5-6-8-12(11)17-4/h5-8H,9-10H2,1-4H3,(H,15,16).